The zero-order valence-electron chi connectivity index (χ0n) is 10.1. The molecule has 3 N–H and O–H groups in total. The first kappa shape index (κ1) is 14.4. The van der Waals surface area contributed by atoms with Crippen molar-refractivity contribution in [2.24, 2.45) is 0 Å². The van der Waals surface area contributed by atoms with Crippen LogP contribution in [0.2, 0.25) is 5.02 Å². The van der Waals surface area contributed by atoms with Gasteiger partial charge >= 0.3 is 6.03 Å². The van der Waals surface area contributed by atoms with Crippen molar-refractivity contribution in [2.75, 3.05) is 23.4 Å². The van der Waals surface area contributed by atoms with Gasteiger partial charge in [-0.15, -0.1) is 0 Å². The van der Waals surface area contributed by atoms with Gasteiger partial charge in [0.05, 0.1) is 16.3 Å². The highest BCUT2D eigenvalue weighted by Gasteiger charge is 2.31. The van der Waals surface area contributed by atoms with Gasteiger partial charge in [-0.2, -0.15) is 11.8 Å². The molecule has 0 aromatic heterocycles. The second-order valence-corrected chi connectivity index (χ2v) is 5.97. The molecule has 7 heteroatoms. The molecule has 0 bridgehead atoms. The molecule has 1 aliphatic rings. The average Bonchev–Trinajstić information content (AvgIpc) is 2.78. The summed E-state index contributed by atoms with van der Waals surface area (Å²) < 4.78 is 12.8. The molecule has 0 radical (unpaired) electrons. The molecular weight excluding hydrogens is 291 g/mol. The largest absolute Gasteiger partial charge is 0.387 e. The van der Waals surface area contributed by atoms with Gasteiger partial charge in [-0.05, 0) is 30.4 Å². The van der Waals surface area contributed by atoms with Crippen LogP contribution < -0.4 is 10.6 Å². The van der Waals surface area contributed by atoms with Gasteiger partial charge in [0.25, 0.3) is 0 Å². The molecule has 1 atom stereocenters. The van der Waals surface area contributed by atoms with E-state index in [1.54, 1.807) is 11.8 Å². The monoisotopic (exact) mass is 304 g/mol. The van der Waals surface area contributed by atoms with Gasteiger partial charge in [0.15, 0.2) is 0 Å². The minimum atomic E-state index is -0.839. The molecule has 1 fully saturated rings. The highest BCUT2D eigenvalue weighted by atomic mass is 35.5. The van der Waals surface area contributed by atoms with Crippen molar-refractivity contribution >= 4 is 35.1 Å². The summed E-state index contributed by atoms with van der Waals surface area (Å²) in [6.07, 6.45) is 0.662. The lowest BCUT2D eigenvalue weighted by Crippen LogP contribution is -2.44. The van der Waals surface area contributed by atoms with Crippen molar-refractivity contribution in [1.29, 1.82) is 0 Å². The molecule has 0 aliphatic carbocycles. The summed E-state index contributed by atoms with van der Waals surface area (Å²) >= 11 is 7.45. The number of rotatable bonds is 3. The van der Waals surface area contributed by atoms with Crippen LogP contribution in [0.4, 0.5) is 14.9 Å². The molecule has 0 saturated carbocycles. The topological polar surface area (TPSA) is 61.4 Å². The van der Waals surface area contributed by atoms with Crippen LogP contribution in [-0.2, 0) is 0 Å². The summed E-state index contributed by atoms with van der Waals surface area (Å²) in [6.45, 7) is 0.185. The van der Waals surface area contributed by atoms with Crippen molar-refractivity contribution in [3.05, 3.63) is 29.0 Å². The predicted octanol–water partition coefficient (Wildman–Crippen LogP) is 2.47. The lowest BCUT2D eigenvalue weighted by atomic mass is 10.0. The molecule has 1 aliphatic heterocycles. The highest BCUT2D eigenvalue weighted by Crippen LogP contribution is 2.27. The van der Waals surface area contributed by atoms with Crippen LogP contribution in [0.1, 0.15) is 6.42 Å². The number of halogens is 2. The smallest absolute Gasteiger partial charge is 0.319 e. The highest BCUT2D eigenvalue weighted by molar-refractivity contribution is 7.99. The van der Waals surface area contributed by atoms with Gasteiger partial charge in [-0.1, -0.05) is 11.6 Å². The summed E-state index contributed by atoms with van der Waals surface area (Å²) in [5.41, 5.74) is -0.512. The van der Waals surface area contributed by atoms with Crippen LogP contribution in [0.15, 0.2) is 18.2 Å². The van der Waals surface area contributed by atoms with E-state index in [0.29, 0.717) is 17.9 Å². The van der Waals surface area contributed by atoms with Crippen LogP contribution in [0.25, 0.3) is 0 Å². The quantitative estimate of drug-likeness (QED) is 0.804. The Labute approximate surface area is 119 Å². The fraction of sp³-hybridized carbons (Fsp3) is 0.417. The van der Waals surface area contributed by atoms with Gasteiger partial charge in [-0.3, -0.25) is 0 Å². The Balaban J connectivity index is 1.87. The minimum absolute atomic E-state index is 0.130. The number of anilines is 1. The number of carbonyl (C=O) groups excluding carboxylic acids is 1. The Morgan fingerprint density at radius 2 is 2.37 bits per heavy atom. The van der Waals surface area contributed by atoms with E-state index in [2.05, 4.69) is 10.6 Å². The lowest BCUT2D eigenvalue weighted by molar-refractivity contribution is 0.0706. The summed E-state index contributed by atoms with van der Waals surface area (Å²) in [7, 11) is 0. The first-order valence-corrected chi connectivity index (χ1v) is 7.32. The number of hydrogen-bond donors (Lipinski definition) is 3. The summed E-state index contributed by atoms with van der Waals surface area (Å²) in [4.78, 5) is 11.7. The third-order valence-corrected chi connectivity index (χ3v) is 4.39. The summed E-state index contributed by atoms with van der Waals surface area (Å²) in [5.74, 6) is 1.04. The number of aliphatic hydroxyl groups is 1. The Morgan fingerprint density at radius 1 is 1.58 bits per heavy atom. The molecule has 1 saturated heterocycles. The van der Waals surface area contributed by atoms with E-state index in [4.69, 9.17) is 11.6 Å². The Morgan fingerprint density at radius 3 is 3.00 bits per heavy atom. The number of carbonyl (C=O) groups is 1. The molecule has 1 aromatic rings. The van der Waals surface area contributed by atoms with Crippen LogP contribution in [0.5, 0.6) is 0 Å². The van der Waals surface area contributed by atoms with Crippen LogP contribution in [0, 0.1) is 5.82 Å². The maximum atomic E-state index is 12.8. The molecule has 104 valence electrons. The van der Waals surface area contributed by atoms with Crippen molar-refractivity contribution in [2.45, 2.75) is 12.0 Å². The SMILES string of the molecule is O=C(NCC1(O)CCSC1)Nc1ccc(F)cc1Cl. The summed E-state index contributed by atoms with van der Waals surface area (Å²) in [5, 5.41) is 15.3. The third-order valence-electron chi connectivity index (χ3n) is 2.84. The number of nitrogens with one attached hydrogen (secondary N) is 2. The molecule has 19 heavy (non-hydrogen) atoms. The zero-order chi connectivity index (χ0) is 13.9. The van der Waals surface area contributed by atoms with E-state index in [9.17, 15) is 14.3 Å². The van der Waals surface area contributed by atoms with Crippen molar-refractivity contribution in [1.82, 2.24) is 5.32 Å². The van der Waals surface area contributed by atoms with Gasteiger partial charge in [0.2, 0.25) is 0 Å². The van der Waals surface area contributed by atoms with Crippen LogP contribution in [0.3, 0.4) is 0 Å². The van der Waals surface area contributed by atoms with Crippen molar-refractivity contribution in [3.63, 3.8) is 0 Å². The Kier molecular flexibility index (Phi) is 4.54. The Bertz CT molecular complexity index is 481. The van der Waals surface area contributed by atoms with E-state index in [1.807, 2.05) is 0 Å². The number of benzene rings is 1. The van der Waals surface area contributed by atoms with Gasteiger partial charge in [0.1, 0.15) is 5.82 Å². The molecule has 2 amide bonds. The molecule has 2 rings (SSSR count). The van der Waals surface area contributed by atoms with Crippen LogP contribution >= 0.6 is 23.4 Å². The molecule has 1 aromatic carbocycles. The van der Waals surface area contributed by atoms with Gasteiger partial charge in [-0.25, -0.2) is 9.18 Å². The molecule has 0 spiro atoms. The maximum absolute atomic E-state index is 12.8. The maximum Gasteiger partial charge on any atom is 0.319 e. The summed E-state index contributed by atoms with van der Waals surface area (Å²) in [6, 6.07) is 3.25. The number of thioether (sulfide) groups is 1. The molecule has 4 nitrogen and oxygen atoms in total. The van der Waals surface area contributed by atoms with Crippen LogP contribution in [-0.4, -0.2) is 34.8 Å². The standard InChI is InChI=1S/C12H14ClFN2O2S/c13-9-5-8(14)1-2-10(9)16-11(17)15-6-12(18)3-4-19-7-12/h1-2,5,18H,3-4,6-7H2,(H2,15,16,17). The van der Waals surface area contributed by atoms with Gasteiger partial charge in [0, 0.05) is 12.3 Å². The Hall–Kier alpha value is -0.980. The van der Waals surface area contributed by atoms with Crippen molar-refractivity contribution in [3.8, 4) is 0 Å². The molecular formula is C12H14ClFN2O2S. The normalized spacial score (nSPS) is 22.3. The number of amides is 2. The fourth-order valence-electron chi connectivity index (χ4n) is 1.74. The number of urea groups is 1. The first-order chi connectivity index (χ1) is 8.98. The van der Waals surface area contributed by atoms with E-state index in [0.717, 1.165) is 11.8 Å². The predicted molar refractivity (Wildman–Crippen MR) is 75.3 cm³/mol. The minimum Gasteiger partial charge on any atom is -0.387 e. The van der Waals surface area contributed by atoms with E-state index >= 15 is 0 Å². The first-order valence-electron chi connectivity index (χ1n) is 5.79. The zero-order valence-corrected chi connectivity index (χ0v) is 11.7. The third kappa shape index (κ3) is 3.99. The lowest BCUT2D eigenvalue weighted by Gasteiger charge is -2.21. The van der Waals surface area contributed by atoms with E-state index in [-0.39, 0.29) is 11.6 Å². The average molecular weight is 305 g/mol. The number of hydrogen-bond acceptors (Lipinski definition) is 3. The molecule has 1 unspecified atom stereocenters. The second-order valence-electron chi connectivity index (χ2n) is 4.46. The molecule has 1 heterocycles. The van der Waals surface area contributed by atoms with Crippen molar-refractivity contribution < 1.29 is 14.3 Å². The van der Waals surface area contributed by atoms with Gasteiger partial charge < -0.3 is 15.7 Å². The van der Waals surface area contributed by atoms with E-state index in [1.165, 1.54) is 12.1 Å². The fourth-order valence-corrected chi connectivity index (χ4v) is 3.25. The van der Waals surface area contributed by atoms with E-state index < -0.39 is 17.4 Å². The second kappa shape index (κ2) is 5.98.